The molecule has 0 spiro atoms. The third-order valence-electron chi connectivity index (χ3n) is 3.23. The van der Waals surface area contributed by atoms with Gasteiger partial charge in [0, 0.05) is 19.3 Å². The zero-order valence-corrected chi connectivity index (χ0v) is 15.6. The minimum absolute atomic E-state index is 0.0109. The highest BCUT2D eigenvalue weighted by Gasteiger charge is 2.16. The lowest BCUT2D eigenvalue weighted by Gasteiger charge is -2.11. The summed E-state index contributed by atoms with van der Waals surface area (Å²) in [7, 11) is -2.25. The largest absolute Gasteiger partial charge is 0.482 e. The van der Waals surface area contributed by atoms with E-state index in [-0.39, 0.29) is 28.2 Å². The van der Waals surface area contributed by atoms with Gasteiger partial charge in [0.05, 0.1) is 16.5 Å². The highest BCUT2D eigenvalue weighted by molar-refractivity contribution is 7.92. The van der Waals surface area contributed by atoms with E-state index in [0.717, 1.165) is 0 Å². The molecule has 2 aromatic rings. The lowest BCUT2D eigenvalue weighted by atomic mass is 10.3. The number of hydrogen-bond acceptors (Lipinski definition) is 5. The summed E-state index contributed by atoms with van der Waals surface area (Å²) < 4.78 is 37.4. The van der Waals surface area contributed by atoms with E-state index in [1.165, 1.54) is 25.3 Å². The first-order valence-corrected chi connectivity index (χ1v) is 9.54. The molecule has 26 heavy (non-hydrogen) atoms. The van der Waals surface area contributed by atoms with Crippen molar-refractivity contribution in [1.29, 1.82) is 0 Å². The summed E-state index contributed by atoms with van der Waals surface area (Å²) >= 11 is 6.08. The summed E-state index contributed by atoms with van der Waals surface area (Å²) in [5, 5.41) is 2.69. The van der Waals surface area contributed by atoms with Crippen molar-refractivity contribution in [2.45, 2.75) is 4.90 Å². The monoisotopic (exact) mass is 398 g/mol. The van der Waals surface area contributed by atoms with E-state index in [0.29, 0.717) is 18.8 Å². The molecule has 140 valence electrons. The fraction of sp³-hybridized carbons (Fsp3) is 0.235. The van der Waals surface area contributed by atoms with Crippen molar-refractivity contribution in [3.05, 3.63) is 53.6 Å². The summed E-state index contributed by atoms with van der Waals surface area (Å²) in [5.41, 5.74) is 0.441. The first-order chi connectivity index (χ1) is 12.4. The van der Waals surface area contributed by atoms with Crippen molar-refractivity contribution in [2.24, 2.45) is 0 Å². The SMILES string of the molecule is COCCNC(=O)COc1ccc(S(=O)(=O)Nc2ccccc2)cc1Cl. The maximum Gasteiger partial charge on any atom is 0.261 e. The Labute approximate surface area is 157 Å². The number of ether oxygens (including phenoxy) is 2. The van der Waals surface area contributed by atoms with Crippen LogP contribution in [-0.4, -0.2) is 41.2 Å². The van der Waals surface area contributed by atoms with Gasteiger partial charge < -0.3 is 14.8 Å². The normalized spacial score (nSPS) is 11.0. The van der Waals surface area contributed by atoms with Crippen molar-refractivity contribution in [3.8, 4) is 5.75 Å². The number of halogens is 1. The quantitative estimate of drug-likeness (QED) is 0.632. The predicted molar refractivity (Wildman–Crippen MR) is 99.1 cm³/mol. The Hall–Kier alpha value is -2.29. The molecule has 0 aliphatic heterocycles. The van der Waals surface area contributed by atoms with Gasteiger partial charge >= 0.3 is 0 Å². The number of methoxy groups -OCH3 is 1. The maximum atomic E-state index is 12.4. The van der Waals surface area contributed by atoms with Gasteiger partial charge in [0.2, 0.25) is 0 Å². The van der Waals surface area contributed by atoms with E-state index >= 15 is 0 Å². The number of benzene rings is 2. The van der Waals surface area contributed by atoms with Crippen LogP contribution in [0.1, 0.15) is 0 Å². The molecule has 1 amide bonds. The van der Waals surface area contributed by atoms with Crippen LogP contribution >= 0.6 is 11.6 Å². The van der Waals surface area contributed by atoms with Crippen LogP contribution in [0.3, 0.4) is 0 Å². The maximum absolute atomic E-state index is 12.4. The standard InChI is InChI=1S/C17H19ClN2O5S/c1-24-10-9-19-17(21)12-25-16-8-7-14(11-15(16)18)26(22,23)20-13-5-3-2-4-6-13/h2-8,11,20H,9-10,12H2,1H3,(H,19,21). The molecule has 2 rings (SSSR count). The Morgan fingerprint density at radius 1 is 1.15 bits per heavy atom. The number of anilines is 1. The Morgan fingerprint density at radius 2 is 1.88 bits per heavy atom. The molecule has 0 bridgehead atoms. The highest BCUT2D eigenvalue weighted by atomic mass is 35.5. The summed E-state index contributed by atoms with van der Waals surface area (Å²) in [4.78, 5) is 11.6. The smallest absolute Gasteiger partial charge is 0.261 e. The average molecular weight is 399 g/mol. The first-order valence-electron chi connectivity index (χ1n) is 7.68. The minimum Gasteiger partial charge on any atom is -0.482 e. The molecule has 0 unspecified atom stereocenters. The number of nitrogens with one attached hydrogen (secondary N) is 2. The van der Waals surface area contributed by atoms with Crippen molar-refractivity contribution >= 4 is 33.2 Å². The minimum atomic E-state index is -3.78. The molecule has 0 saturated carbocycles. The van der Waals surface area contributed by atoms with E-state index < -0.39 is 10.0 Å². The van der Waals surface area contributed by atoms with Gasteiger partial charge in [0.1, 0.15) is 5.75 Å². The predicted octanol–water partition coefficient (Wildman–Crippen LogP) is 2.28. The van der Waals surface area contributed by atoms with E-state index in [4.69, 9.17) is 21.1 Å². The Balaban J connectivity index is 2.01. The second-order valence-corrected chi connectivity index (χ2v) is 7.28. The third-order valence-corrected chi connectivity index (χ3v) is 4.90. The van der Waals surface area contributed by atoms with E-state index in [1.54, 1.807) is 30.3 Å². The first kappa shape index (κ1) is 20.0. The van der Waals surface area contributed by atoms with Gasteiger partial charge in [-0.3, -0.25) is 9.52 Å². The number of para-hydroxylation sites is 1. The lowest BCUT2D eigenvalue weighted by Crippen LogP contribution is -2.31. The van der Waals surface area contributed by atoms with Crippen molar-refractivity contribution in [2.75, 3.05) is 31.6 Å². The zero-order valence-electron chi connectivity index (χ0n) is 14.1. The van der Waals surface area contributed by atoms with Crippen LogP contribution < -0.4 is 14.8 Å². The van der Waals surface area contributed by atoms with Crippen LogP contribution in [0, 0.1) is 0 Å². The Morgan fingerprint density at radius 3 is 2.54 bits per heavy atom. The summed E-state index contributed by atoms with van der Waals surface area (Å²) in [6.07, 6.45) is 0. The van der Waals surface area contributed by atoms with Gasteiger partial charge in [-0.1, -0.05) is 29.8 Å². The molecule has 0 aliphatic rings. The topological polar surface area (TPSA) is 93.7 Å². The van der Waals surface area contributed by atoms with Gasteiger partial charge in [-0.2, -0.15) is 0 Å². The van der Waals surface area contributed by atoms with E-state index in [9.17, 15) is 13.2 Å². The molecule has 7 nitrogen and oxygen atoms in total. The molecular weight excluding hydrogens is 380 g/mol. The van der Waals surface area contributed by atoms with Crippen LogP contribution in [0.5, 0.6) is 5.75 Å². The number of carbonyl (C=O) groups excluding carboxylic acids is 1. The Bertz CT molecular complexity index is 843. The van der Waals surface area contributed by atoms with Crippen LogP contribution in [0.25, 0.3) is 0 Å². The molecule has 0 atom stereocenters. The fourth-order valence-electron chi connectivity index (χ4n) is 1.97. The van der Waals surface area contributed by atoms with Gasteiger partial charge in [-0.25, -0.2) is 8.42 Å². The zero-order chi connectivity index (χ0) is 19.0. The molecule has 0 saturated heterocycles. The van der Waals surface area contributed by atoms with E-state index in [1.807, 2.05) is 0 Å². The highest BCUT2D eigenvalue weighted by Crippen LogP contribution is 2.28. The Kier molecular flexibility index (Phi) is 7.26. The number of amides is 1. The second kappa shape index (κ2) is 9.42. The third kappa shape index (κ3) is 5.91. The molecule has 2 N–H and O–H groups in total. The van der Waals surface area contributed by atoms with Gasteiger partial charge in [0.15, 0.2) is 6.61 Å². The van der Waals surface area contributed by atoms with Crippen LogP contribution in [-0.2, 0) is 19.6 Å². The van der Waals surface area contributed by atoms with Crippen LogP contribution in [0.15, 0.2) is 53.4 Å². The van der Waals surface area contributed by atoms with Crippen LogP contribution in [0.4, 0.5) is 5.69 Å². The number of hydrogen-bond donors (Lipinski definition) is 2. The summed E-state index contributed by atoms with van der Waals surface area (Å²) in [6.45, 7) is 0.528. The molecule has 2 aromatic carbocycles. The molecule has 0 heterocycles. The lowest BCUT2D eigenvalue weighted by molar-refractivity contribution is -0.123. The van der Waals surface area contributed by atoms with Gasteiger partial charge in [-0.15, -0.1) is 0 Å². The molecule has 0 radical (unpaired) electrons. The molecule has 0 fully saturated rings. The fourth-order valence-corrected chi connectivity index (χ4v) is 3.36. The van der Waals surface area contributed by atoms with Crippen molar-refractivity contribution in [3.63, 3.8) is 0 Å². The van der Waals surface area contributed by atoms with Crippen molar-refractivity contribution < 1.29 is 22.7 Å². The second-order valence-electron chi connectivity index (χ2n) is 5.20. The van der Waals surface area contributed by atoms with Crippen molar-refractivity contribution in [1.82, 2.24) is 5.32 Å². The van der Waals surface area contributed by atoms with Crippen LogP contribution in [0.2, 0.25) is 5.02 Å². The number of rotatable bonds is 9. The summed E-state index contributed by atoms with van der Waals surface area (Å²) in [5.74, 6) is -0.118. The number of sulfonamides is 1. The molecule has 9 heteroatoms. The number of carbonyl (C=O) groups is 1. The molecule has 0 aromatic heterocycles. The van der Waals surface area contributed by atoms with Gasteiger partial charge in [-0.05, 0) is 30.3 Å². The summed E-state index contributed by atoms with van der Waals surface area (Å²) in [6, 6.07) is 12.5. The van der Waals surface area contributed by atoms with E-state index in [2.05, 4.69) is 10.0 Å². The average Bonchev–Trinajstić information content (AvgIpc) is 2.61. The molecular formula is C17H19ClN2O5S. The van der Waals surface area contributed by atoms with Gasteiger partial charge in [0.25, 0.3) is 15.9 Å². The molecule has 0 aliphatic carbocycles.